The quantitative estimate of drug-likeness (QED) is 0.734. The van der Waals surface area contributed by atoms with Crippen LogP contribution in [0.4, 0.5) is 5.69 Å². The van der Waals surface area contributed by atoms with E-state index < -0.39 is 11.9 Å². The molecule has 2 rings (SSSR count). The maximum Gasteiger partial charge on any atom is 0.344 e. The zero-order valence-electron chi connectivity index (χ0n) is 15.2. The molecule has 2 aromatic rings. The van der Waals surface area contributed by atoms with E-state index in [0.717, 1.165) is 16.9 Å². The van der Waals surface area contributed by atoms with Gasteiger partial charge in [-0.3, -0.25) is 4.79 Å². The average Bonchev–Trinajstić information content (AvgIpc) is 2.61. The van der Waals surface area contributed by atoms with E-state index in [4.69, 9.17) is 14.2 Å². The number of anilines is 1. The predicted molar refractivity (Wildman–Crippen MR) is 98.6 cm³/mol. The Hall–Kier alpha value is -3.02. The van der Waals surface area contributed by atoms with Crippen LogP contribution in [0.25, 0.3) is 0 Å². The molecular weight excluding hydrogens is 334 g/mol. The smallest absolute Gasteiger partial charge is 0.344 e. The summed E-state index contributed by atoms with van der Waals surface area (Å²) in [6, 6.07) is 12.7. The number of benzene rings is 2. The highest BCUT2D eigenvalue weighted by Gasteiger charge is 2.11. The summed E-state index contributed by atoms with van der Waals surface area (Å²) in [5.74, 6) is 0.355. The lowest BCUT2D eigenvalue weighted by Gasteiger charge is -2.11. The van der Waals surface area contributed by atoms with Crippen molar-refractivity contribution < 1.29 is 23.8 Å². The number of para-hydroxylation sites is 1. The number of carbonyl (C=O) groups excluding carboxylic acids is 2. The Morgan fingerprint density at radius 2 is 1.58 bits per heavy atom. The van der Waals surface area contributed by atoms with Crippen molar-refractivity contribution in [3.8, 4) is 11.5 Å². The van der Waals surface area contributed by atoms with Gasteiger partial charge in [-0.05, 0) is 56.2 Å². The molecule has 0 radical (unpaired) electrons. The SMILES string of the molecule is CCOc1ccc(NC(=O)COC(=O)COc2c(C)cccc2C)cc1. The molecule has 1 N–H and O–H groups in total. The standard InChI is InChI=1S/C20H23NO5/c1-4-24-17-10-8-16(9-11-17)21-18(22)12-25-19(23)13-26-20-14(2)6-5-7-15(20)3/h5-11H,4,12-13H2,1-3H3,(H,21,22). The first-order valence-electron chi connectivity index (χ1n) is 8.37. The molecule has 0 aromatic heterocycles. The molecule has 6 nitrogen and oxygen atoms in total. The first-order chi connectivity index (χ1) is 12.5. The summed E-state index contributed by atoms with van der Waals surface area (Å²) in [4.78, 5) is 23.6. The number of rotatable bonds is 8. The number of nitrogens with one attached hydrogen (secondary N) is 1. The molecule has 0 aliphatic heterocycles. The zero-order chi connectivity index (χ0) is 18.9. The fourth-order valence-corrected chi connectivity index (χ4v) is 2.34. The fraction of sp³-hybridized carbons (Fsp3) is 0.300. The van der Waals surface area contributed by atoms with Crippen LogP contribution in [-0.4, -0.2) is 31.7 Å². The van der Waals surface area contributed by atoms with Gasteiger partial charge in [0.1, 0.15) is 11.5 Å². The van der Waals surface area contributed by atoms with Crippen LogP contribution in [0.1, 0.15) is 18.1 Å². The highest BCUT2D eigenvalue weighted by molar-refractivity contribution is 5.92. The third-order valence-corrected chi connectivity index (χ3v) is 3.56. The first-order valence-corrected chi connectivity index (χ1v) is 8.37. The van der Waals surface area contributed by atoms with Crippen LogP contribution in [0.2, 0.25) is 0 Å². The molecule has 138 valence electrons. The second-order valence-electron chi connectivity index (χ2n) is 5.68. The van der Waals surface area contributed by atoms with Gasteiger partial charge in [0.2, 0.25) is 0 Å². The number of hydrogen-bond donors (Lipinski definition) is 1. The minimum absolute atomic E-state index is 0.248. The van der Waals surface area contributed by atoms with Crippen LogP contribution in [0.15, 0.2) is 42.5 Å². The Kier molecular flexibility index (Phi) is 7.02. The minimum Gasteiger partial charge on any atom is -0.494 e. The number of hydrogen-bond acceptors (Lipinski definition) is 5. The van der Waals surface area contributed by atoms with Crippen molar-refractivity contribution in [3.05, 3.63) is 53.6 Å². The highest BCUT2D eigenvalue weighted by atomic mass is 16.6. The molecule has 0 saturated carbocycles. The molecule has 2 aromatic carbocycles. The van der Waals surface area contributed by atoms with Crippen molar-refractivity contribution in [1.29, 1.82) is 0 Å². The van der Waals surface area contributed by atoms with Gasteiger partial charge in [0.25, 0.3) is 5.91 Å². The fourth-order valence-electron chi connectivity index (χ4n) is 2.34. The summed E-state index contributed by atoms with van der Waals surface area (Å²) in [6.45, 7) is 5.65. The van der Waals surface area contributed by atoms with E-state index in [0.29, 0.717) is 18.0 Å². The topological polar surface area (TPSA) is 73.9 Å². The summed E-state index contributed by atoms with van der Waals surface area (Å²) in [5, 5.41) is 2.65. The second-order valence-corrected chi connectivity index (χ2v) is 5.68. The monoisotopic (exact) mass is 357 g/mol. The molecule has 0 fully saturated rings. The van der Waals surface area contributed by atoms with Gasteiger partial charge in [-0.25, -0.2) is 4.79 Å². The van der Waals surface area contributed by atoms with E-state index in [9.17, 15) is 9.59 Å². The van der Waals surface area contributed by atoms with Crippen LogP contribution >= 0.6 is 0 Å². The van der Waals surface area contributed by atoms with Crippen molar-refractivity contribution in [2.75, 3.05) is 25.1 Å². The molecule has 0 unspecified atom stereocenters. The molecule has 0 aliphatic rings. The lowest BCUT2D eigenvalue weighted by Crippen LogP contribution is -2.23. The number of esters is 1. The molecule has 0 bridgehead atoms. The lowest BCUT2D eigenvalue weighted by atomic mass is 10.1. The highest BCUT2D eigenvalue weighted by Crippen LogP contribution is 2.22. The molecule has 0 aliphatic carbocycles. The molecule has 0 saturated heterocycles. The second kappa shape index (κ2) is 9.46. The van der Waals surface area contributed by atoms with Crippen LogP contribution < -0.4 is 14.8 Å². The summed E-state index contributed by atoms with van der Waals surface area (Å²) in [6.07, 6.45) is 0. The molecule has 6 heteroatoms. The maximum absolute atomic E-state index is 11.8. The molecule has 1 amide bonds. The van der Waals surface area contributed by atoms with Gasteiger partial charge in [0.05, 0.1) is 6.61 Å². The van der Waals surface area contributed by atoms with Crippen LogP contribution in [0.3, 0.4) is 0 Å². The molecule has 0 heterocycles. The Morgan fingerprint density at radius 1 is 0.923 bits per heavy atom. The molecule has 0 atom stereocenters. The van der Waals surface area contributed by atoms with E-state index in [1.807, 2.05) is 39.0 Å². The molecule has 0 spiro atoms. The Morgan fingerprint density at radius 3 is 2.19 bits per heavy atom. The van der Waals surface area contributed by atoms with Gasteiger partial charge in [-0.2, -0.15) is 0 Å². The normalized spacial score (nSPS) is 10.1. The Bertz CT molecular complexity index is 735. The zero-order valence-corrected chi connectivity index (χ0v) is 15.2. The largest absolute Gasteiger partial charge is 0.494 e. The lowest BCUT2D eigenvalue weighted by molar-refractivity contribution is -0.149. The van der Waals surface area contributed by atoms with Gasteiger partial charge in [0, 0.05) is 5.69 Å². The van der Waals surface area contributed by atoms with Gasteiger partial charge >= 0.3 is 5.97 Å². The van der Waals surface area contributed by atoms with Crippen LogP contribution in [-0.2, 0) is 14.3 Å². The molecular formula is C20H23NO5. The number of carbonyl (C=O) groups is 2. The summed E-state index contributed by atoms with van der Waals surface area (Å²) < 4.78 is 15.8. The van der Waals surface area contributed by atoms with E-state index >= 15 is 0 Å². The van der Waals surface area contributed by atoms with Crippen molar-refractivity contribution >= 4 is 17.6 Å². The average molecular weight is 357 g/mol. The van der Waals surface area contributed by atoms with Crippen molar-refractivity contribution in [1.82, 2.24) is 0 Å². The number of amides is 1. The minimum atomic E-state index is -0.602. The third kappa shape index (κ3) is 5.81. The van der Waals surface area contributed by atoms with Crippen LogP contribution in [0, 0.1) is 13.8 Å². The van der Waals surface area contributed by atoms with Crippen molar-refractivity contribution in [3.63, 3.8) is 0 Å². The summed E-state index contributed by atoms with van der Waals surface area (Å²) in [5.41, 5.74) is 2.47. The number of aryl methyl sites for hydroxylation is 2. The first kappa shape index (κ1) is 19.3. The number of ether oxygens (including phenoxy) is 3. The van der Waals surface area contributed by atoms with Crippen molar-refractivity contribution in [2.45, 2.75) is 20.8 Å². The third-order valence-electron chi connectivity index (χ3n) is 3.56. The maximum atomic E-state index is 11.8. The van der Waals surface area contributed by atoms with E-state index in [-0.39, 0.29) is 13.2 Å². The summed E-state index contributed by atoms with van der Waals surface area (Å²) in [7, 11) is 0. The Labute approximate surface area is 153 Å². The van der Waals surface area contributed by atoms with Crippen LogP contribution in [0.5, 0.6) is 11.5 Å². The summed E-state index contributed by atoms with van der Waals surface area (Å²) >= 11 is 0. The van der Waals surface area contributed by atoms with Crippen molar-refractivity contribution in [2.24, 2.45) is 0 Å². The van der Waals surface area contributed by atoms with E-state index in [1.54, 1.807) is 24.3 Å². The van der Waals surface area contributed by atoms with Gasteiger partial charge < -0.3 is 19.5 Å². The van der Waals surface area contributed by atoms with E-state index in [1.165, 1.54) is 0 Å². The van der Waals surface area contributed by atoms with Gasteiger partial charge in [0.15, 0.2) is 13.2 Å². The van der Waals surface area contributed by atoms with Gasteiger partial charge in [-0.15, -0.1) is 0 Å². The molecule has 26 heavy (non-hydrogen) atoms. The Balaban J connectivity index is 1.75. The predicted octanol–water partition coefficient (Wildman–Crippen LogP) is 3.26. The van der Waals surface area contributed by atoms with Gasteiger partial charge in [-0.1, -0.05) is 18.2 Å². The van der Waals surface area contributed by atoms with E-state index in [2.05, 4.69) is 5.32 Å².